The third kappa shape index (κ3) is 6.52. The molecule has 174 valence electrons. The van der Waals surface area contributed by atoms with Crippen LogP contribution in [0.1, 0.15) is 37.3 Å². The van der Waals surface area contributed by atoms with Crippen LogP contribution in [0, 0.1) is 10.1 Å². The van der Waals surface area contributed by atoms with Gasteiger partial charge in [-0.3, -0.25) is 14.9 Å². The molecule has 0 saturated heterocycles. The molecule has 0 radical (unpaired) electrons. The number of oxime groups is 1. The summed E-state index contributed by atoms with van der Waals surface area (Å²) in [6.07, 6.45) is 3.77. The number of benzene rings is 2. The second-order valence-electron chi connectivity index (χ2n) is 7.24. The van der Waals surface area contributed by atoms with Crippen molar-refractivity contribution >= 4 is 23.5 Å². The number of hydrogen-bond donors (Lipinski definition) is 0. The summed E-state index contributed by atoms with van der Waals surface area (Å²) in [4.78, 5) is 27.8. The smallest absolute Gasteiger partial charge is 0.283 e. The third-order valence-corrected chi connectivity index (χ3v) is 4.84. The molecule has 0 spiro atoms. The zero-order valence-electron chi connectivity index (χ0n) is 18.6. The monoisotopic (exact) mass is 454 g/mol. The zero-order chi connectivity index (χ0) is 23.6. The highest BCUT2D eigenvalue weighted by Crippen LogP contribution is 2.29. The first-order chi connectivity index (χ1) is 16.0. The van der Waals surface area contributed by atoms with Gasteiger partial charge < -0.3 is 14.3 Å². The number of amides is 1. The van der Waals surface area contributed by atoms with Crippen LogP contribution in [0.5, 0.6) is 11.5 Å². The summed E-state index contributed by atoms with van der Waals surface area (Å²) < 4.78 is 11.1. The fourth-order valence-electron chi connectivity index (χ4n) is 3.15. The Hall–Kier alpha value is -3.95. The van der Waals surface area contributed by atoms with Gasteiger partial charge in [0.2, 0.25) is 0 Å². The molecule has 2 aromatic rings. The fourth-order valence-corrected chi connectivity index (χ4v) is 3.15. The largest absolute Gasteiger partial charge is 0.493 e. The van der Waals surface area contributed by atoms with E-state index in [4.69, 9.17) is 14.3 Å². The Morgan fingerprint density at radius 3 is 2.73 bits per heavy atom. The van der Waals surface area contributed by atoms with Crippen LogP contribution >= 0.6 is 0 Å². The van der Waals surface area contributed by atoms with E-state index in [9.17, 15) is 14.9 Å². The summed E-state index contributed by atoms with van der Waals surface area (Å²) >= 11 is 0. The SMILES string of the molecule is CCCOc1cc(C2=NN(C(=O)CON=Cc3ccc([N+](=O)[O-])cc3)CCC2)ccc1OC. The summed E-state index contributed by atoms with van der Waals surface area (Å²) in [5.74, 6) is 0.978. The van der Waals surface area contributed by atoms with Gasteiger partial charge in [0.05, 0.1) is 30.6 Å². The first-order valence-electron chi connectivity index (χ1n) is 10.6. The van der Waals surface area contributed by atoms with Crippen LogP contribution in [0.4, 0.5) is 5.69 Å². The summed E-state index contributed by atoms with van der Waals surface area (Å²) in [5, 5.41) is 20.3. The number of nitrogens with zero attached hydrogens (tertiary/aromatic N) is 4. The average molecular weight is 454 g/mol. The number of ether oxygens (including phenoxy) is 2. The average Bonchev–Trinajstić information content (AvgIpc) is 2.85. The second kappa shape index (κ2) is 11.6. The number of rotatable bonds is 10. The Bertz CT molecular complexity index is 1040. The molecule has 0 bridgehead atoms. The maximum absolute atomic E-state index is 12.5. The van der Waals surface area contributed by atoms with Crippen molar-refractivity contribution in [1.29, 1.82) is 0 Å². The molecular formula is C23H26N4O6. The van der Waals surface area contributed by atoms with Gasteiger partial charge in [0, 0.05) is 24.2 Å². The van der Waals surface area contributed by atoms with E-state index in [2.05, 4.69) is 10.3 Å². The maximum Gasteiger partial charge on any atom is 0.283 e. The number of nitro benzene ring substituents is 1. The molecule has 10 nitrogen and oxygen atoms in total. The number of hydrazone groups is 1. The summed E-state index contributed by atoms with van der Waals surface area (Å²) in [6.45, 7) is 2.83. The third-order valence-electron chi connectivity index (χ3n) is 4.84. The van der Waals surface area contributed by atoms with E-state index in [1.165, 1.54) is 23.4 Å². The molecule has 0 saturated carbocycles. The number of non-ortho nitro benzene ring substituents is 1. The minimum atomic E-state index is -0.478. The minimum Gasteiger partial charge on any atom is -0.493 e. The maximum atomic E-state index is 12.5. The molecular weight excluding hydrogens is 428 g/mol. The summed E-state index contributed by atoms with van der Waals surface area (Å²) in [6, 6.07) is 11.4. The Morgan fingerprint density at radius 2 is 2.03 bits per heavy atom. The Labute approximate surface area is 191 Å². The second-order valence-corrected chi connectivity index (χ2v) is 7.24. The van der Waals surface area contributed by atoms with E-state index in [1.54, 1.807) is 19.2 Å². The number of carbonyl (C=O) groups excluding carboxylic acids is 1. The first kappa shape index (κ1) is 23.7. The lowest BCUT2D eigenvalue weighted by atomic mass is 10.0. The van der Waals surface area contributed by atoms with Crippen LogP contribution in [-0.2, 0) is 9.63 Å². The van der Waals surface area contributed by atoms with Gasteiger partial charge in [0.15, 0.2) is 18.1 Å². The molecule has 1 aliphatic rings. The van der Waals surface area contributed by atoms with Crippen LogP contribution in [0.25, 0.3) is 0 Å². The molecule has 0 aliphatic carbocycles. The van der Waals surface area contributed by atoms with Crippen molar-refractivity contribution in [2.24, 2.45) is 10.3 Å². The van der Waals surface area contributed by atoms with Gasteiger partial charge in [-0.15, -0.1) is 0 Å². The van der Waals surface area contributed by atoms with Crippen molar-refractivity contribution in [3.05, 3.63) is 63.7 Å². The molecule has 1 amide bonds. The normalized spacial score (nSPS) is 13.5. The molecule has 0 fully saturated rings. The van der Waals surface area contributed by atoms with Gasteiger partial charge in [-0.1, -0.05) is 12.1 Å². The highest BCUT2D eigenvalue weighted by molar-refractivity contribution is 6.02. The molecule has 3 rings (SSSR count). The van der Waals surface area contributed by atoms with E-state index in [0.29, 0.717) is 30.2 Å². The Morgan fingerprint density at radius 1 is 1.24 bits per heavy atom. The Balaban J connectivity index is 1.60. The lowest BCUT2D eigenvalue weighted by Gasteiger charge is -2.23. The number of carbonyl (C=O) groups is 1. The van der Waals surface area contributed by atoms with Crippen LogP contribution in [0.3, 0.4) is 0 Å². The van der Waals surface area contributed by atoms with Gasteiger partial charge in [-0.25, -0.2) is 5.01 Å². The predicted octanol–water partition coefficient (Wildman–Crippen LogP) is 3.77. The van der Waals surface area contributed by atoms with E-state index in [0.717, 1.165) is 30.5 Å². The molecule has 33 heavy (non-hydrogen) atoms. The lowest BCUT2D eigenvalue weighted by Crippen LogP contribution is -2.34. The molecule has 1 heterocycles. The van der Waals surface area contributed by atoms with Gasteiger partial charge in [0.25, 0.3) is 11.6 Å². The summed E-state index contributed by atoms with van der Waals surface area (Å²) in [5.41, 5.74) is 2.26. The van der Waals surface area contributed by atoms with Crippen LogP contribution in [0.2, 0.25) is 0 Å². The molecule has 1 aliphatic heterocycles. The van der Waals surface area contributed by atoms with E-state index in [1.807, 2.05) is 25.1 Å². The molecule has 2 aromatic carbocycles. The first-order valence-corrected chi connectivity index (χ1v) is 10.6. The van der Waals surface area contributed by atoms with Gasteiger partial charge >= 0.3 is 0 Å². The van der Waals surface area contributed by atoms with Crippen molar-refractivity contribution in [1.82, 2.24) is 5.01 Å². The zero-order valence-corrected chi connectivity index (χ0v) is 18.6. The Kier molecular flexibility index (Phi) is 8.34. The van der Waals surface area contributed by atoms with Crippen LogP contribution in [0.15, 0.2) is 52.7 Å². The highest BCUT2D eigenvalue weighted by Gasteiger charge is 2.20. The van der Waals surface area contributed by atoms with Crippen molar-refractivity contribution in [3.63, 3.8) is 0 Å². The van der Waals surface area contributed by atoms with E-state index in [-0.39, 0.29) is 18.2 Å². The molecule has 0 aromatic heterocycles. The van der Waals surface area contributed by atoms with Crippen LogP contribution < -0.4 is 9.47 Å². The van der Waals surface area contributed by atoms with Gasteiger partial charge in [0.1, 0.15) is 0 Å². The van der Waals surface area contributed by atoms with Crippen molar-refractivity contribution in [2.45, 2.75) is 26.2 Å². The van der Waals surface area contributed by atoms with Crippen LogP contribution in [-0.4, -0.2) is 54.6 Å². The topological polar surface area (TPSA) is 116 Å². The predicted molar refractivity (Wildman–Crippen MR) is 123 cm³/mol. The fraction of sp³-hybridized carbons (Fsp3) is 0.348. The molecule has 0 unspecified atom stereocenters. The minimum absolute atomic E-state index is 0.0112. The number of nitro groups is 1. The van der Waals surface area contributed by atoms with Gasteiger partial charge in [-0.2, -0.15) is 5.10 Å². The summed E-state index contributed by atoms with van der Waals surface area (Å²) in [7, 11) is 1.59. The van der Waals surface area contributed by atoms with E-state index >= 15 is 0 Å². The highest BCUT2D eigenvalue weighted by atomic mass is 16.6. The molecule has 10 heteroatoms. The lowest BCUT2D eigenvalue weighted by molar-refractivity contribution is -0.384. The number of methoxy groups -OCH3 is 1. The van der Waals surface area contributed by atoms with Gasteiger partial charge in [-0.05, 0) is 55.2 Å². The van der Waals surface area contributed by atoms with Crippen molar-refractivity contribution < 1.29 is 24.0 Å². The van der Waals surface area contributed by atoms with Crippen molar-refractivity contribution in [3.8, 4) is 11.5 Å². The molecule has 0 N–H and O–H groups in total. The van der Waals surface area contributed by atoms with E-state index < -0.39 is 4.92 Å². The number of hydrogen-bond acceptors (Lipinski definition) is 8. The quantitative estimate of drug-likeness (QED) is 0.307. The molecule has 0 atom stereocenters. The van der Waals surface area contributed by atoms with Crippen molar-refractivity contribution in [2.75, 3.05) is 26.9 Å². The standard InChI is InChI=1S/C23H26N4O6/c1-3-13-32-22-14-18(8-11-21(22)31-2)20-5-4-12-26(25-20)23(28)16-33-24-15-17-6-9-19(10-7-17)27(29)30/h6-11,14-15H,3-5,12-13,16H2,1-2H3.